The van der Waals surface area contributed by atoms with Crippen molar-refractivity contribution < 1.29 is 14.2 Å². The van der Waals surface area contributed by atoms with Crippen molar-refractivity contribution in [1.29, 1.82) is 0 Å². The molecule has 1 fully saturated rings. The van der Waals surface area contributed by atoms with E-state index in [1.165, 1.54) is 11.1 Å². The maximum absolute atomic E-state index is 6.01. The summed E-state index contributed by atoms with van der Waals surface area (Å²) in [4.78, 5) is 0. The van der Waals surface area contributed by atoms with Gasteiger partial charge >= 0.3 is 0 Å². The van der Waals surface area contributed by atoms with E-state index in [1.54, 1.807) is 0 Å². The first-order valence-corrected chi connectivity index (χ1v) is 9.10. The van der Waals surface area contributed by atoms with Crippen LogP contribution < -0.4 is 9.47 Å². The molecule has 0 amide bonds. The van der Waals surface area contributed by atoms with E-state index in [2.05, 4.69) is 13.0 Å². The summed E-state index contributed by atoms with van der Waals surface area (Å²) in [7, 11) is 0. The van der Waals surface area contributed by atoms with Gasteiger partial charge in [0.15, 0.2) is 6.29 Å². The topological polar surface area (TPSA) is 27.7 Å². The van der Waals surface area contributed by atoms with Crippen molar-refractivity contribution >= 4 is 22.7 Å². The lowest BCUT2D eigenvalue weighted by Crippen LogP contribution is -2.25. The van der Waals surface area contributed by atoms with Gasteiger partial charge < -0.3 is 14.2 Å². The molecule has 3 nitrogen and oxygen atoms in total. The van der Waals surface area contributed by atoms with Crippen LogP contribution in [0.15, 0.2) is 42.5 Å². The number of hydrogen-bond donors (Lipinski definition) is 0. The first kappa shape index (κ1) is 16.5. The van der Waals surface area contributed by atoms with E-state index >= 15 is 0 Å². The number of ether oxygens (including phenoxy) is 3. The second-order valence-corrected chi connectivity index (χ2v) is 6.91. The number of fused-ring (bicyclic) bond motifs is 1. The molecule has 2 heterocycles. The summed E-state index contributed by atoms with van der Waals surface area (Å²) in [6.45, 7) is 3.47. The fourth-order valence-electron chi connectivity index (χ4n) is 3.33. The normalized spacial score (nSPS) is 20.0. The van der Waals surface area contributed by atoms with Gasteiger partial charge in [-0.15, -0.1) is 0 Å². The van der Waals surface area contributed by atoms with E-state index in [9.17, 15) is 0 Å². The highest BCUT2D eigenvalue weighted by Crippen LogP contribution is 2.39. The van der Waals surface area contributed by atoms with Gasteiger partial charge in [0.25, 0.3) is 0 Å². The van der Waals surface area contributed by atoms with Gasteiger partial charge in [-0.25, -0.2) is 0 Å². The summed E-state index contributed by atoms with van der Waals surface area (Å²) in [6.07, 6.45) is 3.07. The largest absolute Gasteiger partial charge is 0.488 e. The first-order chi connectivity index (χ1) is 12.2. The number of rotatable bonds is 3. The quantitative estimate of drug-likeness (QED) is 0.719. The molecule has 0 N–H and O–H groups in total. The predicted octanol–water partition coefficient (Wildman–Crippen LogP) is 5.57. The molecule has 0 aromatic heterocycles. The van der Waals surface area contributed by atoms with Crippen LogP contribution in [0.25, 0.3) is 11.1 Å². The molecule has 0 radical (unpaired) electrons. The molecule has 0 bridgehead atoms. The van der Waals surface area contributed by atoms with E-state index in [4.69, 9.17) is 25.8 Å². The number of hydrogen-bond acceptors (Lipinski definition) is 3. The van der Waals surface area contributed by atoms with E-state index in [-0.39, 0.29) is 6.29 Å². The SMILES string of the molecule is CC1=C(c2ccc(Cl)cc2)COc2ccc(OC3CCCCO3)cc21. The predicted molar refractivity (Wildman–Crippen MR) is 100 cm³/mol. The number of halogens is 1. The maximum atomic E-state index is 6.01. The van der Waals surface area contributed by atoms with E-state index < -0.39 is 0 Å². The molecule has 2 aromatic rings. The minimum absolute atomic E-state index is 0.142. The molecule has 1 unspecified atom stereocenters. The van der Waals surface area contributed by atoms with Crippen molar-refractivity contribution in [2.45, 2.75) is 32.5 Å². The second-order valence-electron chi connectivity index (χ2n) is 6.47. The summed E-state index contributed by atoms with van der Waals surface area (Å²) in [5.74, 6) is 1.72. The van der Waals surface area contributed by atoms with Crippen LogP contribution >= 0.6 is 11.6 Å². The summed E-state index contributed by atoms with van der Waals surface area (Å²) >= 11 is 6.01. The van der Waals surface area contributed by atoms with Crippen molar-refractivity contribution in [2.24, 2.45) is 0 Å². The zero-order valence-electron chi connectivity index (χ0n) is 14.3. The highest BCUT2D eigenvalue weighted by Gasteiger charge is 2.21. The van der Waals surface area contributed by atoms with E-state index in [0.29, 0.717) is 6.61 Å². The van der Waals surface area contributed by atoms with E-state index in [1.807, 2.05) is 36.4 Å². The molecule has 4 rings (SSSR count). The zero-order chi connectivity index (χ0) is 17.2. The Bertz CT molecular complexity index is 789. The van der Waals surface area contributed by atoms with Crippen LogP contribution in [-0.4, -0.2) is 19.5 Å². The molecule has 1 atom stereocenters. The van der Waals surface area contributed by atoms with Crippen LogP contribution in [0.5, 0.6) is 11.5 Å². The smallest absolute Gasteiger partial charge is 0.199 e. The van der Waals surface area contributed by atoms with Crippen LogP contribution in [0, 0.1) is 0 Å². The third kappa shape index (κ3) is 3.53. The fourth-order valence-corrected chi connectivity index (χ4v) is 3.45. The lowest BCUT2D eigenvalue weighted by molar-refractivity contribution is -0.105. The van der Waals surface area contributed by atoms with E-state index in [0.717, 1.165) is 53.5 Å². The van der Waals surface area contributed by atoms with Gasteiger partial charge in [0.2, 0.25) is 0 Å². The molecule has 130 valence electrons. The van der Waals surface area contributed by atoms with Gasteiger partial charge in [-0.05, 0) is 61.2 Å². The third-order valence-electron chi connectivity index (χ3n) is 4.78. The van der Waals surface area contributed by atoms with Crippen LogP contribution in [0.4, 0.5) is 0 Å². The molecule has 0 saturated carbocycles. The highest BCUT2D eigenvalue weighted by atomic mass is 35.5. The third-order valence-corrected chi connectivity index (χ3v) is 5.03. The highest BCUT2D eigenvalue weighted by molar-refractivity contribution is 6.30. The zero-order valence-corrected chi connectivity index (χ0v) is 15.0. The van der Waals surface area contributed by atoms with Gasteiger partial charge in [-0.3, -0.25) is 0 Å². The molecule has 0 spiro atoms. The van der Waals surface area contributed by atoms with Gasteiger partial charge in [0.1, 0.15) is 18.1 Å². The van der Waals surface area contributed by atoms with Gasteiger partial charge in [-0.1, -0.05) is 23.7 Å². The summed E-state index contributed by atoms with van der Waals surface area (Å²) in [6, 6.07) is 13.9. The Balaban J connectivity index is 1.63. The standard InChI is InChI=1S/C21H21ClO3/c1-14-18-12-17(25-21-4-2-3-11-23-21)9-10-20(18)24-13-19(14)15-5-7-16(22)8-6-15/h5-10,12,21H,2-4,11,13H2,1H3. The van der Waals surface area contributed by atoms with Gasteiger partial charge in [0.05, 0.1) is 6.61 Å². The average Bonchev–Trinajstić information content (AvgIpc) is 2.64. The minimum atomic E-state index is -0.142. The Morgan fingerprint density at radius 3 is 2.68 bits per heavy atom. The Morgan fingerprint density at radius 2 is 1.92 bits per heavy atom. The van der Waals surface area contributed by atoms with Crippen LogP contribution in [0.1, 0.15) is 37.3 Å². The van der Waals surface area contributed by atoms with Gasteiger partial charge in [-0.2, -0.15) is 0 Å². The molecule has 1 saturated heterocycles. The van der Waals surface area contributed by atoms with Crippen molar-refractivity contribution in [1.82, 2.24) is 0 Å². The van der Waals surface area contributed by atoms with Crippen molar-refractivity contribution in [3.63, 3.8) is 0 Å². The number of benzene rings is 2. The first-order valence-electron chi connectivity index (χ1n) is 8.72. The van der Waals surface area contributed by atoms with Crippen LogP contribution in [0.3, 0.4) is 0 Å². The lowest BCUT2D eigenvalue weighted by Gasteiger charge is -2.26. The Morgan fingerprint density at radius 1 is 1.08 bits per heavy atom. The molecule has 2 aliphatic heterocycles. The Hall–Kier alpha value is -1.97. The molecule has 0 aliphatic carbocycles. The molecule has 2 aromatic carbocycles. The molecule has 25 heavy (non-hydrogen) atoms. The number of allylic oxidation sites excluding steroid dienone is 1. The second kappa shape index (κ2) is 7.11. The minimum Gasteiger partial charge on any atom is -0.488 e. The van der Waals surface area contributed by atoms with Crippen LogP contribution in [0.2, 0.25) is 5.02 Å². The molecular formula is C21H21ClO3. The van der Waals surface area contributed by atoms with Crippen molar-refractivity contribution in [3.05, 3.63) is 58.6 Å². The lowest BCUT2D eigenvalue weighted by atomic mass is 9.93. The molecular weight excluding hydrogens is 336 g/mol. The Kier molecular flexibility index (Phi) is 4.69. The molecule has 2 aliphatic rings. The van der Waals surface area contributed by atoms with Crippen molar-refractivity contribution in [2.75, 3.05) is 13.2 Å². The fraction of sp³-hybridized carbons (Fsp3) is 0.333. The molecule has 4 heteroatoms. The maximum Gasteiger partial charge on any atom is 0.199 e. The summed E-state index contributed by atoms with van der Waals surface area (Å²) in [5, 5.41) is 0.738. The summed E-state index contributed by atoms with van der Waals surface area (Å²) < 4.78 is 17.6. The van der Waals surface area contributed by atoms with Gasteiger partial charge in [0, 0.05) is 22.6 Å². The average molecular weight is 357 g/mol. The Labute approximate surface area is 153 Å². The van der Waals surface area contributed by atoms with Crippen molar-refractivity contribution in [3.8, 4) is 11.5 Å². The monoisotopic (exact) mass is 356 g/mol. The summed E-state index contributed by atoms with van der Waals surface area (Å²) in [5.41, 5.74) is 4.59. The van der Waals surface area contributed by atoms with Crippen LogP contribution in [-0.2, 0) is 4.74 Å².